The lowest BCUT2D eigenvalue weighted by molar-refractivity contribution is 0.0936. The zero-order valence-electron chi connectivity index (χ0n) is 16.6. The highest BCUT2D eigenvalue weighted by Crippen LogP contribution is 2.15. The van der Waals surface area contributed by atoms with Gasteiger partial charge >= 0.3 is 0 Å². The number of amides is 1. The van der Waals surface area contributed by atoms with E-state index in [0.29, 0.717) is 29.8 Å². The number of hydrogen-bond acceptors (Lipinski definition) is 3. The summed E-state index contributed by atoms with van der Waals surface area (Å²) in [5, 5.41) is 2.83. The summed E-state index contributed by atoms with van der Waals surface area (Å²) >= 11 is 0. The lowest BCUT2D eigenvalue weighted by atomic mass is 9.98. The van der Waals surface area contributed by atoms with Crippen LogP contribution in [0.4, 0.5) is 0 Å². The molecule has 4 heteroatoms. The molecule has 148 valence electrons. The summed E-state index contributed by atoms with van der Waals surface area (Å²) in [5.41, 5.74) is 2.60. The first-order chi connectivity index (χ1) is 14.2. The minimum Gasteiger partial charge on any atom is -0.492 e. The molecule has 0 aliphatic rings. The Morgan fingerprint density at radius 2 is 1.48 bits per heavy atom. The monoisotopic (exact) mass is 387 g/mol. The highest BCUT2D eigenvalue weighted by atomic mass is 16.5. The first-order valence-corrected chi connectivity index (χ1v) is 9.87. The summed E-state index contributed by atoms with van der Waals surface area (Å²) in [7, 11) is 0. The summed E-state index contributed by atoms with van der Waals surface area (Å²) in [6.07, 6.45) is 2.16. The van der Waals surface area contributed by atoms with Gasteiger partial charge in [0.05, 0.1) is 12.1 Å². The van der Waals surface area contributed by atoms with Crippen molar-refractivity contribution in [2.75, 3.05) is 13.2 Å². The van der Waals surface area contributed by atoms with E-state index in [4.69, 9.17) is 4.74 Å². The SMILES string of the molecule is CCCc1ccc(OCCNC(=O)c2ccccc2C(=O)c2ccccc2)cc1. The summed E-state index contributed by atoms with van der Waals surface area (Å²) in [5.74, 6) is 0.324. The molecule has 0 unspecified atom stereocenters. The minimum absolute atomic E-state index is 0.167. The van der Waals surface area contributed by atoms with Crippen LogP contribution in [0.2, 0.25) is 0 Å². The van der Waals surface area contributed by atoms with Crippen LogP contribution in [0, 0.1) is 0 Å². The Hall–Kier alpha value is -3.40. The smallest absolute Gasteiger partial charge is 0.252 e. The van der Waals surface area contributed by atoms with Crippen molar-refractivity contribution in [1.29, 1.82) is 0 Å². The molecule has 29 heavy (non-hydrogen) atoms. The second-order valence-electron chi connectivity index (χ2n) is 6.74. The quantitative estimate of drug-likeness (QED) is 0.428. The molecule has 0 spiro atoms. The van der Waals surface area contributed by atoms with Crippen LogP contribution in [-0.4, -0.2) is 24.8 Å². The number of hydrogen-bond donors (Lipinski definition) is 1. The molecule has 0 aliphatic heterocycles. The molecule has 0 aromatic heterocycles. The van der Waals surface area contributed by atoms with Crippen molar-refractivity contribution in [3.05, 3.63) is 101 Å². The van der Waals surface area contributed by atoms with Gasteiger partial charge in [0.2, 0.25) is 0 Å². The van der Waals surface area contributed by atoms with Gasteiger partial charge in [-0.05, 0) is 30.2 Å². The van der Waals surface area contributed by atoms with Gasteiger partial charge in [0.25, 0.3) is 5.91 Å². The predicted octanol–water partition coefficient (Wildman–Crippen LogP) is 4.68. The molecule has 0 atom stereocenters. The van der Waals surface area contributed by atoms with E-state index in [0.717, 1.165) is 18.6 Å². The number of nitrogens with one attached hydrogen (secondary N) is 1. The lowest BCUT2D eigenvalue weighted by Crippen LogP contribution is -2.29. The Morgan fingerprint density at radius 3 is 2.17 bits per heavy atom. The van der Waals surface area contributed by atoms with Gasteiger partial charge in [0.15, 0.2) is 5.78 Å². The number of carbonyl (C=O) groups excluding carboxylic acids is 2. The maximum Gasteiger partial charge on any atom is 0.252 e. The zero-order valence-corrected chi connectivity index (χ0v) is 16.6. The molecule has 0 saturated heterocycles. The lowest BCUT2D eigenvalue weighted by Gasteiger charge is -2.11. The van der Waals surface area contributed by atoms with Crippen molar-refractivity contribution in [3.63, 3.8) is 0 Å². The van der Waals surface area contributed by atoms with Crippen LogP contribution in [0.1, 0.15) is 45.2 Å². The average Bonchev–Trinajstić information content (AvgIpc) is 2.78. The van der Waals surface area contributed by atoms with Crippen LogP contribution in [-0.2, 0) is 6.42 Å². The average molecular weight is 387 g/mol. The van der Waals surface area contributed by atoms with Crippen molar-refractivity contribution in [2.45, 2.75) is 19.8 Å². The Kier molecular flexibility index (Phi) is 7.17. The number of ketones is 1. The summed E-state index contributed by atoms with van der Waals surface area (Å²) in [6, 6.07) is 23.8. The van der Waals surface area contributed by atoms with Crippen LogP contribution in [0.3, 0.4) is 0 Å². The van der Waals surface area contributed by atoms with Crippen LogP contribution < -0.4 is 10.1 Å². The molecule has 0 fully saturated rings. The van der Waals surface area contributed by atoms with Crippen molar-refractivity contribution < 1.29 is 14.3 Å². The van der Waals surface area contributed by atoms with Gasteiger partial charge in [-0.1, -0.05) is 74.0 Å². The van der Waals surface area contributed by atoms with E-state index in [1.165, 1.54) is 5.56 Å². The molecule has 0 saturated carbocycles. The van der Waals surface area contributed by atoms with Gasteiger partial charge in [-0.25, -0.2) is 0 Å². The molecule has 3 aromatic carbocycles. The van der Waals surface area contributed by atoms with Gasteiger partial charge in [0.1, 0.15) is 12.4 Å². The fraction of sp³-hybridized carbons (Fsp3) is 0.200. The minimum atomic E-state index is -0.285. The maximum absolute atomic E-state index is 12.8. The van der Waals surface area contributed by atoms with Crippen molar-refractivity contribution in [1.82, 2.24) is 5.32 Å². The zero-order chi connectivity index (χ0) is 20.5. The second-order valence-corrected chi connectivity index (χ2v) is 6.74. The molecule has 0 bridgehead atoms. The predicted molar refractivity (Wildman–Crippen MR) is 115 cm³/mol. The fourth-order valence-corrected chi connectivity index (χ4v) is 3.09. The van der Waals surface area contributed by atoms with Crippen molar-refractivity contribution >= 4 is 11.7 Å². The molecular weight excluding hydrogens is 362 g/mol. The molecule has 0 radical (unpaired) electrons. The first kappa shape index (κ1) is 20.3. The third kappa shape index (κ3) is 5.55. The summed E-state index contributed by atoms with van der Waals surface area (Å²) in [6.45, 7) is 2.86. The Balaban J connectivity index is 1.56. The molecule has 0 heterocycles. The van der Waals surface area contributed by atoms with Gasteiger partial charge in [-0.3, -0.25) is 9.59 Å². The number of carbonyl (C=O) groups is 2. The number of benzene rings is 3. The van der Waals surface area contributed by atoms with E-state index in [2.05, 4.69) is 24.4 Å². The molecule has 1 amide bonds. The third-order valence-electron chi connectivity index (χ3n) is 4.57. The van der Waals surface area contributed by atoms with Gasteiger partial charge < -0.3 is 10.1 Å². The van der Waals surface area contributed by atoms with Crippen molar-refractivity contribution in [2.24, 2.45) is 0 Å². The standard InChI is InChI=1S/C25H25NO3/c1-2-8-19-13-15-21(16-14-19)29-18-17-26-25(28)23-12-7-6-11-22(23)24(27)20-9-4-3-5-10-20/h3-7,9-16H,2,8,17-18H2,1H3,(H,26,28). The molecular formula is C25H25NO3. The number of ether oxygens (including phenoxy) is 1. The molecule has 0 aliphatic carbocycles. The molecule has 1 N–H and O–H groups in total. The van der Waals surface area contributed by atoms with E-state index >= 15 is 0 Å². The normalized spacial score (nSPS) is 10.4. The van der Waals surface area contributed by atoms with E-state index in [-0.39, 0.29) is 11.7 Å². The maximum atomic E-state index is 12.8. The van der Waals surface area contributed by atoms with E-state index in [1.807, 2.05) is 30.3 Å². The Bertz CT molecular complexity index is 949. The summed E-state index contributed by atoms with van der Waals surface area (Å²) < 4.78 is 5.69. The second kappa shape index (κ2) is 10.2. The molecule has 3 rings (SSSR count). The van der Waals surface area contributed by atoms with Crippen molar-refractivity contribution in [3.8, 4) is 5.75 Å². The first-order valence-electron chi connectivity index (χ1n) is 9.87. The van der Waals surface area contributed by atoms with Gasteiger partial charge in [-0.2, -0.15) is 0 Å². The highest BCUT2D eigenvalue weighted by molar-refractivity contribution is 6.15. The highest BCUT2D eigenvalue weighted by Gasteiger charge is 2.17. The topological polar surface area (TPSA) is 55.4 Å². The van der Waals surface area contributed by atoms with E-state index < -0.39 is 0 Å². The number of aryl methyl sites for hydroxylation is 1. The Labute approximate surface area is 171 Å². The molecule has 4 nitrogen and oxygen atoms in total. The van der Waals surface area contributed by atoms with E-state index in [9.17, 15) is 9.59 Å². The van der Waals surface area contributed by atoms with Crippen LogP contribution in [0.25, 0.3) is 0 Å². The number of rotatable bonds is 9. The van der Waals surface area contributed by atoms with Crippen LogP contribution in [0.15, 0.2) is 78.9 Å². The van der Waals surface area contributed by atoms with E-state index in [1.54, 1.807) is 36.4 Å². The van der Waals surface area contributed by atoms with Crippen LogP contribution in [0.5, 0.6) is 5.75 Å². The van der Waals surface area contributed by atoms with Gasteiger partial charge in [0, 0.05) is 11.1 Å². The van der Waals surface area contributed by atoms with Crippen LogP contribution >= 0.6 is 0 Å². The van der Waals surface area contributed by atoms with Gasteiger partial charge in [-0.15, -0.1) is 0 Å². The fourth-order valence-electron chi connectivity index (χ4n) is 3.09. The largest absolute Gasteiger partial charge is 0.492 e. The Morgan fingerprint density at radius 1 is 0.828 bits per heavy atom. The molecule has 3 aromatic rings. The summed E-state index contributed by atoms with van der Waals surface area (Å²) in [4.78, 5) is 25.4. The third-order valence-corrected chi connectivity index (χ3v) is 4.57.